The Labute approximate surface area is 184 Å². The molecule has 1 saturated carbocycles. The number of benzene rings is 2. The number of carbonyl (C=O) groups excluding carboxylic acids is 1. The van der Waals surface area contributed by atoms with E-state index in [2.05, 4.69) is 0 Å². The van der Waals surface area contributed by atoms with E-state index in [-0.39, 0.29) is 23.7 Å². The van der Waals surface area contributed by atoms with E-state index in [1.54, 1.807) is 30.3 Å². The highest BCUT2D eigenvalue weighted by atomic mass is 16.6. The molecule has 2 fully saturated rings. The zero-order chi connectivity index (χ0) is 22.9. The van der Waals surface area contributed by atoms with Crippen molar-refractivity contribution in [2.24, 2.45) is 0 Å². The number of nitrogens with zero attached hydrogens (tertiary/aromatic N) is 4. The maximum Gasteiger partial charge on any atom is 0.408 e. The summed E-state index contributed by atoms with van der Waals surface area (Å²) < 4.78 is 0. The topological polar surface area (TPSA) is 128 Å². The minimum absolute atomic E-state index is 0.0179. The van der Waals surface area contributed by atoms with Gasteiger partial charge in [0.2, 0.25) is 0 Å². The number of hydrogen-bond donors (Lipinski definition) is 1. The van der Waals surface area contributed by atoms with Crippen LogP contribution in [-0.2, 0) is 6.54 Å². The standard InChI is InChI=1S/C23H22N4O5/c24-15-23(9-10-23)26(22(29)30)14-19-8-7-18(13-20(19)27(31)32)16-3-5-17(6-4-16)21(28)25-11-1-2-12-25/h3-8,13H,1-2,9-12,14H2,(H,29,30). The van der Waals surface area contributed by atoms with E-state index in [0.29, 0.717) is 29.5 Å². The monoisotopic (exact) mass is 434 g/mol. The molecule has 164 valence electrons. The SMILES string of the molecule is N#CC1(N(Cc2ccc(-c3ccc(C(=O)N4CCCC4)cc3)cc2[N+](=O)[O-])C(=O)O)CC1. The molecule has 9 heteroatoms. The van der Waals surface area contributed by atoms with Gasteiger partial charge in [0.15, 0.2) is 0 Å². The van der Waals surface area contributed by atoms with Crippen LogP contribution in [0, 0.1) is 21.4 Å². The molecule has 9 nitrogen and oxygen atoms in total. The van der Waals surface area contributed by atoms with Crippen molar-refractivity contribution in [2.45, 2.75) is 37.8 Å². The minimum atomic E-state index is -1.28. The van der Waals surface area contributed by atoms with Gasteiger partial charge in [-0.1, -0.05) is 18.2 Å². The second-order valence-electron chi connectivity index (χ2n) is 8.19. The first kappa shape index (κ1) is 21.3. The number of nitro benzene ring substituents is 1. The van der Waals surface area contributed by atoms with Crippen molar-refractivity contribution in [3.05, 3.63) is 63.7 Å². The van der Waals surface area contributed by atoms with Gasteiger partial charge in [-0.3, -0.25) is 19.8 Å². The van der Waals surface area contributed by atoms with Crippen LogP contribution >= 0.6 is 0 Å². The fraction of sp³-hybridized carbons (Fsp3) is 0.348. The number of amides is 2. The van der Waals surface area contributed by atoms with E-state index in [1.165, 1.54) is 12.1 Å². The van der Waals surface area contributed by atoms with E-state index in [4.69, 9.17) is 0 Å². The van der Waals surface area contributed by atoms with Crippen molar-refractivity contribution < 1.29 is 19.6 Å². The molecule has 0 radical (unpaired) electrons. The molecule has 1 aliphatic carbocycles. The predicted molar refractivity (Wildman–Crippen MR) is 115 cm³/mol. The van der Waals surface area contributed by atoms with Crippen LogP contribution in [0.5, 0.6) is 0 Å². The second-order valence-corrected chi connectivity index (χ2v) is 8.19. The molecule has 2 aliphatic rings. The highest BCUT2D eigenvalue weighted by Gasteiger charge is 2.51. The molecule has 2 aromatic rings. The van der Waals surface area contributed by atoms with Gasteiger partial charge in [0.05, 0.1) is 17.5 Å². The Bertz CT molecular complexity index is 1110. The Kier molecular flexibility index (Phi) is 5.53. The highest BCUT2D eigenvalue weighted by molar-refractivity contribution is 5.95. The van der Waals surface area contributed by atoms with Gasteiger partial charge >= 0.3 is 6.09 Å². The molecule has 1 saturated heterocycles. The van der Waals surface area contributed by atoms with Crippen LogP contribution in [-0.4, -0.2) is 50.5 Å². The molecular weight excluding hydrogens is 412 g/mol. The van der Waals surface area contributed by atoms with Gasteiger partial charge in [0.25, 0.3) is 11.6 Å². The summed E-state index contributed by atoms with van der Waals surface area (Å²) in [6.07, 6.45) is 1.58. The van der Waals surface area contributed by atoms with Gasteiger partial charge in [-0.25, -0.2) is 4.79 Å². The van der Waals surface area contributed by atoms with Crippen molar-refractivity contribution >= 4 is 17.7 Å². The predicted octanol–water partition coefficient (Wildman–Crippen LogP) is 4.03. The molecule has 0 aromatic heterocycles. The lowest BCUT2D eigenvalue weighted by Gasteiger charge is -2.24. The van der Waals surface area contributed by atoms with E-state index in [1.807, 2.05) is 11.0 Å². The molecule has 2 amide bonds. The Morgan fingerprint density at radius 3 is 2.28 bits per heavy atom. The van der Waals surface area contributed by atoms with E-state index < -0.39 is 16.6 Å². The number of hydrogen-bond acceptors (Lipinski definition) is 5. The zero-order valence-corrected chi connectivity index (χ0v) is 17.4. The van der Waals surface area contributed by atoms with Crippen LogP contribution in [0.25, 0.3) is 11.1 Å². The molecule has 0 unspecified atom stereocenters. The summed E-state index contributed by atoms with van der Waals surface area (Å²) in [6, 6.07) is 13.6. The smallest absolute Gasteiger partial charge is 0.408 e. The molecule has 4 rings (SSSR count). The van der Waals surface area contributed by atoms with Crippen molar-refractivity contribution in [1.82, 2.24) is 9.80 Å². The highest BCUT2D eigenvalue weighted by Crippen LogP contribution is 2.42. The largest absolute Gasteiger partial charge is 0.465 e. The number of nitriles is 1. The van der Waals surface area contributed by atoms with Crippen LogP contribution in [0.3, 0.4) is 0 Å². The molecule has 1 N–H and O–H groups in total. The van der Waals surface area contributed by atoms with Crippen molar-refractivity contribution in [3.8, 4) is 17.2 Å². The fourth-order valence-corrected chi connectivity index (χ4v) is 4.09. The molecule has 0 atom stereocenters. The Hall–Kier alpha value is -3.93. The first-order valence-corrected chi connectivity index (χ1v) is 10.4. The maximum atomic E-state index is 12.5. The number of carbonyl (C=O) groups is 2. The van der Waals surface area contributed by atoms with Crippen LogP contribution in [0.15, 0.2) is 42.5 Å². The van der Waals surface area contributed by atoms with Crippen LogP contribution in [0.4, 0.5) is 10.5 Å². The molecule has 0 bridgehead atoms. The Morgan fingerprint density at radius 1 is 1.12 bits per heavy atom. The van der Waals surface area contributed by atoms with Gasteiger partial charge in [0, 0.05) is 30.3 Å². The molecule has 2 aromatic carbocycles. The molecule has 1 aliphatic heterocycles. The molecule has 0 spiro atoms. The number of rotatable bonds is 6. The minimum Gasteiger partial charge on any atom is -0.465 e. The van der Waals surface area contributed by atoms with Crippen molar-refractivity contribution in [2.75, 3.05) is 13.1 Å². The van der Waals surface area contributed by atoms with Crippen molar-refractivity contribution in [3.63, 3.8) is 0 Å². The first-order chi connectivity index (χ1) is 15.3. The maximum absolute atomic E-state index is 12.5. The van der Waals surface area contributed by atoms with Gasteiger partial charge in [-0.2, -0.15) is 5.26 Å². The lowest BCUT2D eigenvalue weighted by molar-refractivity contribution is -0.385. The number of likely N-dealkylation sites (tertiary alicyclic amines) is 1. The third-order valence-electron chi connectivity index (χ3n) is 6.15. The lowest BCUT2D eigenvalue weighted by atomic mass is 10.0. The third kappa shape index (κ3) is 3.99. The van der Waals surface area contributed by atoms with E-state index in [9.17, 15) is 30.1 Å². The Balaban J connectivity index is 1.59. The quantitative estimate of drug-likeness (QED) is 0.540. The third-order valence-corrected chi connectivity index (χ3v) is 6.15. The van der Waals surface area contributed by atoms with Gasteiger partial charge in [-0.15, -0.1) is 0 Å². The van der Waals surface area contributed by atoms with Crippen LogP contribution in [0.1, 0.15) is 41.6 Å². The van der Waals surface area contributed by atoms with Gasteiger partial charge in [0.1, 0.15) is 5.54 Å². The van der Waals surface area contributed by atoms with Crippen molar-refractivity contribution in [1.29, 1.82) is 5.26 Å². The lowest BCUT2D eigenvalue weighted by Crippen LogP contribution is -2.40. The average molecular weight is 434 g/mol. The fourth-order valence-electron chi connectivity index (χ4n) is 4.09. The number of nitro groups is 1. The summed E-state index contributed by atoms with van der Waals surface area (Å²) in [5, 5.41) is 30.6. The average Bonchev–Trinajstić information content (AvgIpc) is 3.39. The zero-order valence-electron chi connectivity index (χ0n) is 17.4. The summed E-state index contributed by atoms with van der Waals surface area (Å²) in [7, 11) is 0. The molecule has 32 heavy (non-hydrogen) atoms. The first-order valence-electron chi connectivity index (χ1n) is 10.4. The Morgan fingerprint density at radius 2 is 1.75 bits per heavy atom. The summed E-state index contributed by atoms with van der Waals surface area (Å²) in [5.74, 6) is -0.0179. The van der Waals surface area contributed by atoms with Crippen LogP contribution in [0.2, 0.25) is 0 Å². The normalized spacial score (nSPS) is 16.3. The summed E-state index contributed by atoms with van der Waals surface area (Å²) in [5.41, 5.74) is 0.788. The van der Waals surface area contributed by atoms with E-state index in [0.717, 1.165) is 30.8 Å². The van der Waals surface area contributed by atoms with Gasteiger partial charge in [-0.05, 0) is 55.0 Å². The summed E-state index contributed by atoms with van der Waals surface area (Å²) >= 11 is 0. The molecular formula is C23H22N4O5. The molecule has 1 heterocycles. The second kappa shape index (κ2) is 8.30. The van der Waals surface area contributed by atoms with Crippen LogP contribution < -0.4 is 0 Å². The van der Waals surface area contributed by atoms with Gasteiger partial charge < -0.3 is 10.0 Å². The van der Waals surface area contributed by atoms with E-state index >= 15 is 0 Å². The summed E-state index contributed by atoms with van der Waals surface area (Å²) in [6.45, 7) is 1.28. The summed E-state index contributed by atoms with van der Waals surface area (Å²) in [4.78, 5) is 38.1. The number of carboxylic acid groups (broad SMARTS) is 1.